The summed E-state index contributed by atoms with van der Waals surface area (Å²) < 4.78 is 11.3. The molecule has 0 saturated carbocycles. The highest BCUT2D eigenvalue weighted by atomic mass is 16.7. The number of unbranched alkanes of at least 4 members (excludes halogenated alkanes) is 40. The van der Waals surface area contributed by atoms with Gasteiger partial charge in [0.1, 0.15) is 24.4 Å². The summed E-state index contributed by atoms with van der Waals surface area (Å²) in [6.45, 7) is 3.84. The van der Waals surface area contributed by atoms with Crippen LogP contribution in [0.25, 0.3) is 0 Å². The average molecular weight is 927 g/mol. The van der Waals surface area contributed by atoms with E-state index in [1.165, 1.54) is 231 Å². The lowest BCUT2D eigenvalue weighted by molar-refractivity contribution is -0.302. The topological polar surface area (TPSA) is 149 Å². The lowest BCUT2D eigenvalue weighted by atomic mass is 9.99. The first-order chi connectivity index (χ1) is 31.8. The third kappa shape index (κ3) is 36.8. The molecule has 1 amide bonds. The molecule has 1 rings (SSSR count). The van der Waals surface area contributed by atoms with E-state index in [0.29, 0.717) is 12.8 Å². The van der Waals surface area contributed by atoms with Gasteiger partial charge in [-0.1, -0.05) is 277 Å². The Kier molecular flexibility index (Phi) is 44.9. The van der Waals surface area contributed by atoms with Gasteiger partial charge in [0.25, 0.3) is 0 Å². The van der Waals surface area contributed by atoms with Crippen LogP contribution in [-0.4, -0.2) is 87.5 Å². The Bertz CT molecular complexity index is 986. The summed E-state index contributed by atoms with van der Waals surface area (Å²) in [7, 11) is 0. The predicted octanol–water partition coefficient (Wildman–Crippen LogP) is 13.9. The number of nitrogens with one attached hydrogen (secondary N) is 1. The zero-order valence-electron chi connectivity index (χ0n) is 43.0. The van der Waals surface area contributed by atoms with Crippen LogP contribution >= 0.6 is 0 Å². The SMILES string of the molecule is CCCCCCCCCCCCCCCCCCCCCCCCCCCCCCCCCCCC(=O)N[C@@H](CO[C@@H]1O[C@H](CO)[C@H](O)C(O)C1O)[C@H](O)CCCCCCCCCCC. The number of rotatable bonds is 50. The Labute approximate surface area is 402 Å². The third-order valence-corrected chi connectivity index (χ3v) is 14.2. The summed E-state index contributed by atoms with van der Waals surface area (Å²) in [4.78, 5) is 13.0. The standard InChI is InChI=1S/C56H111NO8/c1-3-5-7-9-11-13-14-15-16-17-18-19-20-21-22-23-24-25-26-27-28-29-30-31-32-33-34-35-36-38-40-42-44-46-52(60)57-49(50(59)45-43-41-39-37-12-10-8-6-4-2)48-64-56-55(63)54(62)53(61)51(47-58)65-56/h49-51,53-56,58-59,61-63H,3-48H2,1-2H3,(H,57,60)/t49-,50+,51+,53-,54?,55?,56+/m0/s1. The lowest BCUT2D eigenvalue weighted by Gasteiger charge is -2.40. The van der Waals surface area contributed by atoms with Gasteiger partial charge in [-0.2, -0.15) is 0 Å². The van der Waals surface area contributed by atoms with Crippen molar-refractivity contribution in [2.45, 2.75) is 339 Å². The molecule has 2 unspecified atom stereocenters. The molecule has 1 aliphatic heterocycles. The summed E-state index contributed by atoms with van der Waals surface area (Å²) >= 11 is 0. The minimum Gasteiger partial charge on any atom is -0.394 e. The van der Waals surface area contributed by atoms with Crippen LogP contribution < -0.4 is 5.32 Å². The average Bonchev–Trinajstić information content (AvgIpc) is 3.31. The van der Waals surface area contributed by atoms with E-state index in [4.69, 9.17) is 9.47 Å². The maximum absolute atomic E-state index is 13.0. The normalized spacial score (nSPS) is 19.8. The smallest absolute Gasteiger partial charge is 0.220 e. The Hall–Kier alpha value is -0.810. The highest BCUT2D eigenvalue weighted by Crippen LogP contribution is 2.23. The van der Waals surface area contributed by atoms with Crippen molar-refractivity contribution >= 4 is 5.91 Å². The van der Waals surface area contributed by atoms with Crippen LogP contribution in [0.1, 0.15) is 296 Å². The van der Waals surface area contributed by atoms with E-state index in [1.54, 1.807) is 0 Å². The largest absolute Gasteiger partial charge is 0.394 e. The van der Waals surface area contributed by atoms with Crippen molar-refractivity contribution in [1.29, 1.82) is 0 Å². The number of aliphatic hydroxyl groups is 5. The summed E-state index contributed by atoms with van der Waals surface area (Å²) in [6.07, 6.45) is 48.9. The molecule has 0 aromatic carbocycles. The fourth-order valence-electron chi connectivity index (χ4n) is 9.64. The van der Waals surface area contributed by atoms with Crippen molar-refractivity contribution in [2.75, 3.05) is 13.2 Å². The Morgan fingerprint density at radius 2 is 0.769 bits per heavy atom. The van der Waals surface area contributed by atoms with Gasteiger partial charge in [0.2, 0.25) is 5.91 Å². The van der Waals surface area contributed by atoms with Crippen LogP contribution in [0.4, 0.5) is 0 Å². The summed E-state index contributed by atoms with van der Waals surface area (Å²) in [5.74, 6) is -0.140. The fraction of sp³-hybridized carbons (Fsp3) is 0.982. The lowest BCUT2D eigenvalue weighted by Crippen LogP contribution is -2.60. The second kappa shape index (κ2) is 46.9. The van der Waals surface area contributed by atoms with Gasteiger partial charge < -0.3 is 40.3 Å². The van der Waals surface area contributed by atoms with Crippen molar-refractivity contribution in [2.24, 2.45) is 0 Å². The molecule has 0 spiro atoms. The van der Waals surface area contributed by atoms with E-state index in [2.05, 4.69) is 19.2 Å². The van der Waals surface area contributed by atoms with E-state index in [1.807, 2.05) is 0 Å². The number of aliphatic hydroxyl groups excluding tert-OH is 5. The third-order valence-electron chi connectivity index (χ3n) is 14.2. The molecule has 1 fully saturated rings. The first kappa shape index (κ1) is 62.2. The van der Waals surface area contributed by atoms with Gasteiger partial charge in [-0.05, 0) is 12.8 Å². The summed E-state index contributed by atoms with van der Waals surface area (Å²) in [6, 6.07) is -0.711. The molecule has 7 atom stereocenters. The number of carbonyl (C=O) groups is 1. The minimum absolute atomic E-state index is 0.132. The minimum atomic E-state index is -1.55. The Balaban J connectivity index is 2.02. The molecule has 1 saturated heterocycles. The number of hydrogen-bond acceptors (Lipinski definition) is 8. The van der Waals surface area contributed by atoms with Crippen LogP contribution in [0.5, 0.6) is 0 Å². The Morgan fingerprint density at radius 3 is 1.09 bits per heavy atom. The zero-order chi connectivity index (χ0) is 47.3. The van der Waals surface area contributed by atoms with Gasteiger partial charge in [0.05, 0.1) is 25.4 Å². The van der Waals surface area contributed by atoms with Gasteiger partial charge in [0, 0.05) is 6.42 Å². The molecule has 9 heteroatoms. The number of hydrogen-bond donors (Lipinski definition) is 6. The molecule has 1 heterocycles. The van der Waals surface area contributed by atoms with Crippen LogP contribution in [0.2, 0.25) is 0 Å². The molecule has 9 nitrogen and oxygen atoms in total. The van der Waals surface area contributed by atoms with Crippen LogP contribution in [0.3, 0.4) is 0 Å². The van der Waals surface area contributed by atoms with E-state index in [-0.39, 0.29) is 12.5 Å². The molecule has 0 radical (unpaired) electrons. The quantitative estimate of drug-likeness (QED) is 0.0330. The maximum Gasteiger partial charge on any atom is 0.220 e. The molecular weight excluding hydrogens is 815 g/mol. The van der Waals surface area contributed by atoms with E-state index < -0.39 is 49.5 Å². The highest BCUT2D eigenvalue weighted by molar-refractivity contribution is 5.76. The number of amides is 1. The van der Waals surface area contributed by atoms with Crippen molar-refractivity contribution in [1.82, 2.24) is 5.32 Å². The maximum atomic E-state index is 13.0. The van der Waals surface area contributed by atoms with E-state index >= 15 is 0 Å². The molecule has 0 aliphatic carbocycles. The van der Waals surface area contributed by atoms with Gasteiger partial charge in [-0.15, -0.1) is 0 Å². The summed E-state index contributed by atoms with van der Waals surface area (Å²) in [5.41, 5.74) is 0. The van der Waals surface area contributed by atoms with Gasteiger partial charge in [0.15, 0.2) is 6.29 Å². The van der Waals surface area contributed by atoms with Gasteiger partial charge in [-0.3, -0.25) is 4.79 Å². The van der Waals surface area contributed by atoms with Crippen LogP contribution in [0, 0.1) is 0 Å². The van der Waals surface area contributed by atoms with E-state index in [9.17, 15) is 30.3 Å². The molecular formula is C56H111NO8. The van der Waals surface area contributed by atoms with Crippen molar-refractivity contribution in [3.05, 3.63) is 0 Å². The van der Waals surface area contributed by atoms with Crippen molar-refractivity contribution in [3.63, 3.8) is 0 Å². The second-order valence-corrected chi connectivity index (χ2v) is 20.5. The molecule has 388 valence electrons. The van der Waals surface area contributed by atoms with Crippen LogP contribution in [0.15, 0.2) is 0 Å². The number of carbonyl (C=O) groups excluding carboxylic acids is 1. The van der Waals surface area contributed by atoms with Crippen molar-refractivity contribution < 1.29 is 39.8 Å². The zero-order valence-corrected chi connectivity index (χ0v) is 43.0. The molecule has 1 aliphatic rings. The first-order valence-corrected chi connectivity index (χ1v) is 28.7. The second-order valence-electron chi connectivity index (χ2n) is 20.5. The molecule has 65 heavy (non-hydrogen) atoms. The molecule has 6 N–H and O–H groups in total. The molecule has 0 aromatic heterocycles. The van der Waals surface area contributed by atoms with E-state index in [0.717, 1.165) is 38.5 Å². The fourth-order valence-corrected chi connectivity index (χ4v) is 9.64. The van der Waals surface area contributed by atoms with Crippen molar-refractivity contribution in [3.8, 4) is 0 Å². The summed E-state index contributed by atoms with van der Waals surface area (Å²) in [5, 5.41) is 54.3. The molecule has 0 bridgehead atoms. The van der Waals surface area contributed by atoms with Crippen LogP contribution in [-0.2, 0) is 14.3 Å². The van der Waals surface area contributed by atoms with Gasteiger partial charge in [-0.25, -0.2) is 0 Å². The Morgan fingerprint density at radius 1 is 0.462 bits per heavy atom. The predicted molar refractivity (Wildman–Crippen MR) is 272 cm³/mol. The monoisotopic (exact) mass is 926 g/mol. The van der Waals surface area contributed by atoms with Gasteiger partial charge >= 0.3 is 0 Å². The number of ether oxygens (including phenoxy) is 2. The first-order valence-electron chi connectivity index (χ1n) is 28.7. The molecule has 0 aromatic rings. The highest BCUT2D eigenvalue weighted by Gasteiger charge is 2.44.